The molecule has 100 valence electrons. The number of fused-ring (bicyclic) bond motifs is 1. The SMILES string of the molecule is COC(=O)c1c(-c2cccnc2)cc(C)n2ncnc12. The molecule has 0 aliphatic rings. The Morgan fingerprint density at radius 1 is 1.40 bits per heavy atom. The molecule has 0 aliphatic heterocycles. The molecule has 3 rings (SSSR count). The fourth-order valence-electron chi connectivity index (χ4n) is 2.19. The molecule has 0 amide bonds. The predicted octanol–water partition coefficient (Wildman–Crippen LogP) is 1.89. The number of pyridine rings is 2. The van der Waals surface area contributed by atoms with Crippen molar-refractivity contribution in [2.75, 3.05) is 7.11 Å². The van der Waals surface area contributed by atoms with E-state index in [1.165, 1.54) is 13.4 Å². The van der Waals surface area contributed by atoms with Crippen molar-refractivity contribution in [1.29, 1.82) is 0 Å². The van der Waals surface area contributed by atoms with Crippen LogP contribution in [-0.4, -0.2) is 32.7 Å². The molecule has 0 aromatic carbocycles. The summed E-state index contributed by atoms with van der Waals surface area (Å²) < 4.78 is 6.49. The van der Waals surface area contributed by atoms with Crippen LogP contribution in [0.2, 0.25) is 0 Å². The summed E-state index contributed by atoms with van der Waals surface area (Å²) >= 11 is 0. The number of esters is 1. The van der Waals surface area contributed by atoms with Crippen LogP contribution in [0.3, 0.4) is 0 Å². The summed E-state index contributed by atoms with van der Waals surface area (Å²) in [6.45, 7) is 1.91. The molecule has 0 saturated heterocycles. The topological polar surface area (TPSA) is 69.4 Å². The van der Waals surface area contributed by atoms with Crippen LogP contribution in [0.1, 0.15) is 16.1 Å². The minimum Gasteiger partial charge on any atom is -0.465 e. The molecule has 0 N–H and O–H groups in total. The zero-order valence-electron chi connectivity index (χ0n) is 11.1. The Bertz CT molecular complexity index is 780. The Morgan fingerprint density at radius 2 is 2.25 bits per heavy atom. The Hall–Kier alpha value is -2.76. The van der Waals surface area contributed by atoms with E-state index in [-0.39, 0.29) is 0 Å². The highest BCUT2D eigenvalue weighted by Crippen LogP contribution is 2.27. The number of hydrogen-bond acceptors (Lipinski definition) is 5. The molecule has 0 fully saturated rings. The quantitative estimate of drug-likeness (QED) is 0.664. The molecular formula is C14H12N4O2. The van der Waals surface area contributed by atoms with Crippen LogP contribution in [0, 0.1) is 6.92 Å². The van der Waals surface area contributed by atoms with Crippen molar-refractivity contribution in [3.8, 4) is 11.1 Å². The first-order valence-corrected chi connectivity index (χ1v) is 6.04. The zero-order valence-corrected chi connectivity index (χ0v) is 11.1. The van der Waals surface area contributed by atoms with Crippen LogP contribution in [-0.2, 0) is 4.74 Å². The van der Waals surface area contributed by atoms with E-state index in [4.69, 9.17) is 4.74 Å². The molecule has 0 spiro atoms. The number of carbonyl (C=O) groups is 1. The van der Waals surface area contributed by atoms with Gasteiger partial charge in [-0.25, -0.2) is 14.3 Å². The highest BCUT2D eigenvalue weighted by atomic mass is 16.5. The van der Waals surface area contributed by atoms with Gasteiger partial charge in [-0.05, 0) is 19.1 Å². The number of aromatic nitrogens is 4. The molecule has 20 heavy (non-hydrogen) atoms. The molecule has 3 heterocycles. The largest absolute Gasteiger partial charge is 0.465 e. The lowest BCUT2D eigenvalue weighted by molar-refractivity contribution is 0.0603. The molecule has 0 radical (unpaired) electrons. The van der Waals surface area contributed by atoms with Gasteiger partial charge in [0.25, 0.3) is 0 Å². The van der Waals surface area contributed by atoms with Gasteiger partial charge in [0.15, 0.2) is 5.65 Å². The summed E-state index contributed by atoms with van der Waals surface area (Å²) in [4.78, 5) is 20.4. The third kappa shape index (κ3) is 1.82. The molecular weight excluding hydrogens is 256 g/mol. The highest BCUT2D eigenvalue weighted by Gasteiger charge is 2.20. The summed E-state index contributed by atoms with van der Waals surface area (Å²) in [7, 11) is 1.35. The fourth-order valence-corrected chi connectivity index (χ4v) is 2.19. The smallest absolute Gasteiger partial charge is 0.342 e. The summed E-state index contributed by atoms with van der Waals surface area (Å²) in [5.74, 6) is -0.443. The summed E-state index contributed by atoms with van der Waals surface area (Å²) in [5, 5.41) is 4.11. The number of nitrogens with zero attached hydrogens (tertiary/aromatic N) is 4. The molecule has 0 saturated carbocycles. The minimum atomic E-state index is -0.443. The maximum Gasteiger partial charge on any atom is 0.342 e. The Labute approximate surface area is 115 Å². The van der Waals surface area contributed by atoms with Gasteiger partial charge in [-0.2, -0.15) is 5.10 Å². The van der Waals surface area contributed by atoms with Gasteiger partial charge in [-0.15, -0.1) is 0 Å². The van der Waals surface area contributed by atoms with Crippen molar-refractivity contribution < 1.29 is 9.53 Å². The van der Waals surface area contributed by atoms with E-state index in [9.17, 15) is 4.79 Å². The van der Waals surface area contributed by atoms with Crippen molar-refractivity contribution in [3.63, 3.8) is 0 Å². The zero-order chi connectivity index (χ0) is 14.1. The van der Waals surface area contributed by atoms with Gasteiger partial charge < -0.3 is 4.74 Å². The highest BCUT2D eigenvalue weighted by molar-refractivity contribution is 6.03. The maximum absolute atomic E-state index is 12.1. The normalized spacial score (nSPS) is 10.7. The number of aryl methyl sites for hydroxylation is 1. The molecule has 3 aromatic heterocycles. The average Bonchev–Trinajstić information content (AvgIpc) is 2.97. The van der Waals surface area contributed by atoms with E-state index in [1.54, 1.807) is 16.9 Å². The first-order chi connectivity index (χ1) is 9.72. The fraction of sp³-hybridized carbons (Fsp3) is 0.143. The van der Waals surface area contributed by atoms with Gasteiger partial charge in [0.2, 0.25) is 0 Å². The first-order valence-electron chi connectivity index (χ1n) is 6.04. The van der Waals surface area contributed by atoms with E-state index in [0.717, 1.165) is 16.8 Å². The molecule has 6 heteroatoms. The van der Waals surface area contributed by atoms with E-state index >= 15 is 0 Å². The van der Waals surface area contributed by atoms with Gasteiger partial charge in [-0.1, -0.05) is 6.07 Å². The lowest BCUT2D eigenvalue weighted by Crippen LogP contribution is -2.09. The van der Waals surface area contributed by atoms with Crippen molar-refractivity contribution in [2.24, 2.45) is 0 Å². The minimum absolute atomic E-state index is 0.392. The van der Waals surface area contributed by atoms with Crippen molar-refractivity contribution in [1.82, 2.24) is 19.6 Å². The van der Waals surface area contributed by atoms with Gasteiger partial charge in [0.05, 0.1) is 7.11 Å². The second-order valence-electron chi connectivity index (χ2n) is 4.30. The predicted molar refractivity (Wildman–Crippen MR) is 72.3 cm³/mol. The summed E-state index contributed by atoms with van der Waals surface area (Å²) in [5.41, 5.74) is 3.33. The monoisotopic (exact) mass is 268 g/mol. The molecule has 0 aliphatic carbocycles. The van der Waals surface area contributed by atoms with Crippen LogP contribution < -0.4 is 0 Å². The van der Waals surface area contributed by atoms with E-state index in [0.29, 0.717) is 11.2 Å². The van der Waals surface area contributed by atoms with Crippen molar-refractivity contribution in [3.05, 3.63) is 48.2 Å². The van der Waals surface area contributed by atoms with E-state index in [2.05, 4.69) is 15.1 Å². The lowest BCUT2D eigenvalue weighted by atomic mass is 10.0. The van der Waals surface area contributed by atoms with Crippen molar-refractivity contribution in [2.45, 2.75) is 6.92 Å². The molecule has 0 atom stereocenters. The molecule has 0 bridgehead atoms. The summed E-state index contributed by atoms with van der Waals surface area (Å²) in [6, 6.07) is 5.59. The van der Waals surface area contributed by atoms with E-state index < -0.39 is 5.97 Å². The molecule has 3 aromatic rings. The first kappa shape index (κ1) is 12.3. The van der Waals surface area contributed by atoms with Crippen LogP contribution in [0.15, 0.2) is 36.9 Å². The third-order valence-electron chi connectivity index (χ3n) is 3.09. The number of carbonyl (C=O) groups excluding carboxylic acids is 1. The summed E-state index contributed by atoms with van der Waals surface area (Å²) in [6.07, 6.45) is 4.81. The van der Waals surface area contributed by atoms with Crippen molar-refractivity contribution >= 4 is 11.6 Å². The van der Waals surface area contributed by atoms with Crippen LogP contribution >= 0.6 is 0 Å². The molecule has 6 nitrogen and oxygen atoms in total. The second kappa shape index (κ2) is 4.73. The van der Waals surface area contributed by atoms with Gasteiger partial charge in [0.1, 0.15) is 11.9 Å². The average molecular weight is 268 g/mol. The number of hydrogen-bond donors (Lipinski definition) is 0. The standard InChI is InChI=1S/C14H12N4O2/c1-9-6-11(10-4-3-5-15-7-10)12(14(19)20-2)13-16-8-17-18(9)13/h3-8H,1-2H3. The maximum atomic E-state index is 12.1. The number of ether oxygens (including phenoxy) is 1. The lowest BCUT2D eigenvalue weighted by Gasteiger charge is -2.11. The molecule has 0 unspecified atom stereocenters. The van der Waals surface area contributed by atoms with Gasteiger partial charge >= 0.3 is 5.97 Å². The Morgan fingerprint density at radius 3 is 2.95 bits per heavy atom. The van der Waals surface area contributed by atoms with Crippen LogP contribution in [0.25, 0.3) is 16.8 Å². The number of methoxy groups -OCH3 is 1. The second-order valence-corrected chi connectivity index (χ2v) is 4.30. The Kier molecular flexibility index (Phi) is 2.90. The van der Waals surface area contributed by atoms with Gasteiger partial charge in [-0.3, -0.25) is 4.98 Å². The Balaban J connectivity index is 2.38. The van der Waals surface area contributed by atoms with Crippen LogP contribution in [0.5, 0.6) is 0 Å². The van der Waals surface area contributed by atoms with E-state index in [1.807, 2.05) is 25.1 Å². The number of rotatable bonds is 2. The van der Waals surface area contributed by atoms with Gasteiger partial charge in [0, 0.05) is 29.2 Å². The third-order valence-corrected chi connectivity index (χ3v) is 3.09. The van der Waals surface area contributed by atoms with Crippen LogP contribution in [0.4, 0.5) is 0 Å².